The molecule has 90 valence electrons. The Bertz CT molecular complexity index is 404. The molecular weight excluding hydrogens is 216 g/mol. The first-order valence-electron chi connectivity index (χ1n) is 5.32. The number of esters is 1. The maximum Gasteiger partial charge on any atom is 0.330 e. The average Bonchev–Trinajstić information content (AvgIpc) is 2.36. The monoisotopic (exact) mass is 232 g/mol. The van der Waals surface area contributed by atoms with Gasteiger partial charge < -0.3 is 9.84 Å². The molecule has 1 aromatic carbocycles. The van der Waals surface area contributed by atoms with Crippen molar-refractivity contribution in [2.45, 2.75) is 12.5 Å². The van der Waals surface area contributed by atoms with E-state index >= 15 is 0 Å². The van der Waals surface area contributed by atoms with Crippen molar-refractivity contribution < 1.29 is 14.6 Å². The van der Waals surface area contributed by atoms with Crippen LogP contribution in [-0.4, -0.2) is 18.2 Å². The van der Waals surface area contributed by atoms with Crippen molar-refractivity contribution in [1.29, 1.82) is 0 Å². The van der Waals surface area contributed by atoms with E-state index in [9.17, 15) is 9.90 Å². The molecule has 1 atom stereocenters. The fraction of sp³-hybridized carbons (Fsp3) is 0.214. The number of carbonyl (C=O) groups excluding carboxylic acids is 1. The lowest BCUT2D eigenvalue weighted by atomic mass is 10.0. The topological polar surface area (TPSA) is 46.5 Å². The summed E-state index contributed by atoms with van der Waals surface area (Å²) in [4.78, 5) is 10.9. The normalized spacial score (nSPS) is 12.4. The predicted molar refractivity (Wildman–Crippen MR) is 67.3 cm³/mol. The van der Waals surface area contributed by atoms with Crippen LogP contribution in [0, 0.1) is 0 Å². The molecule has 0 bridgehead atoms. The Balaban J connectivity index is 2.71. The highest BCUT2D eigenvalue weighted by Crippen LogP contribution is 2.17. The SMILES string of the molecule is C=CC[C@@H](O)c1ccc(/C=C/C(=O)OC)cc1. The molecule has 0 aliphatic carbocycles. The Morgan fingerprint density at radius 3 is 2.65 bits per heavy atom. The van der Waals surface area contributed by atoms with E-state index in [0.29, 0.717) is 6.42 Å². The molecule has 0 amide bonds. The third-order valence-electron chi connectivity index (χ3n) is 2.32. The van der Waals surface area contributed by atoms with E-state index in [1.807, 2.05) is 24.3 Å². The summed E-state index contributed by atoms with van der Waals surface area (Å²) in [7, 11) is 1.33. The van der Waals surface area contributed by atoms with Crippen LogP contribution in [0.1, 0.15) is 23.7 Å². The van der Waals surface area contributed by atoms with E-state index in [-0.39, 0.29) is 5.97 Å². The first-order valence-corrected chi connectivity index (χ1v) is 5.32. The molecule has 0 fully saturated rings. The lowest BCUT2D eigenvalue weighted by Crippen LogP contribution is -1.95. The maximum absolute atomic E-state index is 10.9. The van der Waals surface area contributed by atoms with Gasteiger partial charge in [-0.25, -0.2) is 4.79 Å². The van der Waals surface area contributed by atoms with Crippen LogP contribution < -0.4 is 0 Å². The van der Waals surface area contributed by atoms with E-state index in [0.717, 1.165) is 11.1 Å². The summed E-state index contributed by atoms with van der Waals surface area (Å²) in [6.07, 6.45) is 4.70. The third-order valence-corrected chi connectivity index (χ3v) is 2.32. The van der Waals surface area contributed by atoms with Gasteiger partial charge in [-0.05, 0) is 23.6 Å². The van der Waals surface area contributed by atoms with Gasteiger partial charge in [0.05, 0.1) is 13.2 Å². The van der Waals surface area contributed by atoms with Gasteiger partial charge in [-0.15, -0.1) is 6.58 Å². The van der Waals surface area contributed by atoms with Crippen molar-refractivity contribution in [3.05, 3.63) is 54.1 Å². The first kappa shape index (κ1) is 13.2. The maximum atomic E-state index is 10.9. The van der Waals surface area contributed by atoms with Crippen LogP contribution in [0.4, 0.5) is 0 Å². The van der Waals surface area contributed by atoms with Gasteiger partial charge >= 0.3 is 5.97 Å². The average molecular weight is 232 g/mol. The van der Waals surface area contributed by atoms with E-state index in [2.05, 4.69) is 11.3 Å². The molecule has 1 rings (SSSR count). The van der Waals surface area contributed by atoms with Crippen LogP contribution >= 0.6 is 0 Å². The van der Waals surface area contributed by atoms with Crippen molar-refractivity contribution in [2.24, 2.45) is 0 Å². The smallest absolute Gasteiger partial charge is 0.330 e. The molecule has 0 spiro atoms. The van der Waals surface area contributed by atoms with Gasteiger partial charge in [-0.1, -0.05) is 30.3 Å². The largest absolute Gasteiger partial charge is 0.466 e. The molecular formula is C14H16O3. The Hall–Kier alpha value is -1.87. The molecule has 0 aliphatic rings. The molecule has 0 unspecified atom stereocenters. The minimum Gasteiger partial charge on any atom is -0.466 e. The summed E-state index contributed by atoms with van der Waals surface area (Å²) in [5.74, 6) is -0.388. The lowest BCUT2D eigenvalue weighted by molar-refractivity contribution is -0.134. The summed E-state index contributed by atoms with van der Waals surface area (Å²) in [5, 5.41) is 9.70. The number of aliphatic hydroxyl groups is 1. The van der Waals surface area contributed by atoms with Crippen LogP contribution in [0.25, 0.3) is 6.08 Å². The fourth-order valence-electron chi connectivity index (χ4n) is 1.36. The van der Waals surface area contributed by atoms with E-state index in [4.69, 9.17) is 0 Å². The lowest BCUT2D eigenvalue weighted by Gasteiger charge is -2.08. The molecule has 0 saturated heterocycles. The molecule has 1 aromatic rings. The second kappa shape index (κ2) is 6.66. The zero-order valence-corrected chi connectivity index (χ0v) is 9.80. The van der Waals surface area contributed by atoms with Gasteiger partial charge in [0.25, 0.3) is 0 Å². The minimum absolute atomic E-state index is 0.388. The number of carbonyl (C=O) groups is 1. The number of rotatable bonds is 5. The van der Waals surface area contributed by atoms with Gasteiger partial charge in [0.15, 0.2) is 0 Å². The van der Waals surface area contributed by atoms with Crippen LogP contribution in [-0.2, 0) is 9.53 Å². The first-order chi connectivity index (χ1) is 8.17. The van der Waals surface area contributed by atoms with Crippen molar-refractivity contribution in [1.82, 2.24) is 0 Å². The number of hydrogen-bond donors (Lipinski definition) is 1. The Morgan fingerprint density at radius 1 is 1.47 bits per heavy atom. The van der Waals surface area contributed by atoms with Crippen molar-refractivity contribution in [2.75, 3.05) is 7.11 Å². The van der Waals surface area contributed by atoms with E-state index < -0.39 is 6.10 Å². The van der Waals surface area contributed by atoms with E-state index in [1.165, 1.54) is 13.2 Å². The van der Waals surface area contributed by atoms with Crippen molar-refractivity contribution in [3.8, 4) is 0 Å². The minimum atomic E-state index is -0.522. The predicted octanol–water partition coefficient (Wildman–Crippen LogP) is 2.48. The van der Waals surface area contributed by atoms with Crippen molar-refractivity contribution in [3.63, 3.8) is 0 Å². The Kier molecular flexibility index (Phi) is 5.17. The number of ether oxygens (including phenoxy) is 1. The summed E-state index contributed by atoms with van der Waals surface area (Å²) in [6.45, 7) is 3.58. The number of benzene rings is 1. The summed E-state index contributed by atoms with van der Waals surface area (Å²) >= 11 is 0. The fourth-order valence-corrected chi connectivity index (χ4v) is 1.36. The van der Waals surface area contributed by atoms with Crippen LogP contribution in [0.15, 0.2) is 43.0 Å². The quantitative estimate of drug-likeness (QED) is 0.482. The van der Waals surface area contributed by atoms with Gasteiger partial charge in [-0.3, -0.25) is 0 Å². The zero-order valence-electron chi connectivity index (χ0n) is 9.80. The number of methoxy groups -OCH3 is 1. The molecule has 0 saturated carbocycles. The van der Waals surface area contributed by atoms with Gasteiger partial charge in [-0.2, -0.15) is 0 Å². The van der Waals surface area contributed by atoms with Gasteiger partial charge in [0, 0.05) is 6.08 Å². The molecule has 3 heteroatoms. The summed E-state index contributed by atoms with van der Waals surface area (Å²) in [6, 6.07) is 7.32. The summed E-state index contributed by atoms with van der Waals surface area (Å²) in [5.41, 5.74) is 1.71. The second-order valence-corrected chi connectivity index (χ2v) is 3.56. The summed E-state index contributed by atoms with van der Waals surface area (Å²) < 4.78 is 4.49. The molecule has 1 N–H and O–H groups in total. The standard InChI is InChI=1S/C14H16O3/c1-3-4-13(15)12-8-5-11(6-9-12)7-10-14(16)17-2/h3,5-10,13,15H,1,4H2,2H3/b10-7+/t13-/m1/s1. The molecule has 0 aliphatic heterocycles. The van der Waals surface area contributed by atoms with Crippen LogP contribution in [0.3, 0.4) is 0 Å². The third kappa shape index (κ3) is 4.25. The highest BCUT2D eigenvalue weighted by molar-refractivity contribution is 5.86. The van der Waals surface area contributed by atoms with Crippen molar-refractivity contribution >= 4 is 12.0 Å². The number of hydrogen-bond acceptors (Lipinski definition) is 3. The zero-order chi connectivity index (χ0) is 12.7. The van der Waals surface area contributed by atoms with Gasteiger partial charge in [0.2, 0.25) is 0 Å². The molecule has 0 aromatic heterocycles. The second-order valence-electron chi connectivity index (χ2n) is 3.56. The Labute approximate surface area is 101 Å². The molecule has 0 radical (unpaired) electrons. The molecule has 0 heterocycles. The molecule has 3 nitrogen and oxygen atoms in total. The van der Waals surface area contributed by atoms with E-state index in [1.54, 1.807) is 12.2 Å². The van der Waals surface area contributed by atoms with Crippen LogP contribution in [0.5, 0.6) is 0 Å². The van der Waals surface area contributed by atoms with Gasteiger partial charge in [0.1, 0.15) is 0 Å². The van der Waals surface area contributed by atoms with Crippen LogP contribution in [0.2, 0.25) is 0 Å². The highest BCUT2D eigenvalue weighted by atomic mass is 16.5. The molecule has 17 heavy (non-hydrogen) atoms. The highest BCUT2D eigenvalue weighted by Gasteiger charge is 2.04. The number of aliphatic hydroxyl groups excluding tert-OH is 1. The Morgan fingerprint density at radius 2 is 2.12 bits per heavy atom.